The smallest absolute Gasteiger partial charge is 0.275 e. The molecule has 0 aliphatic rings. The monoisotopic (exact) mass is 482 g/mol. The highest BCUT2D eigenvalue weighted by atomic mass is 35.5. The number of sulfone groups is 1. The van der Waals surface area contributed by atoms with Crippen LogP contribution in [0.4, 0.5) is 11.6 Å². The number of amides is 1. The molecule has 14 heteroatoms. The van der Waals surface area contributed by atoms with E-state index in [-0.39, 0.29) is 33.0 Å². The van der Waals surface area contributed by atoms with Gasteiger partial charge in [0.25, 0.3) is 15.9 Å². The Hall–Kier alpha value is -3.16. The number of halogens is 1. The molecule has 0 saturated heterocycles. The molecule has 3 rings (SSSR count). The molecule has 0 saturated carbocycles. The normalized spacial score (nSPS) is 11.7. The molecule has 3 aromatic rings. The molecule has 0 radical (unpaired) electrons. The van der Waals surface area contributed by atoms with Crippen LogP contribution in [-0.4, -0.2) is 48.4 Å². The van der Waals surface area contributed by atoms with Crippen molar-refractivity contribution < 1.29 is 21.6 Å². The molecular weight excluding hydrogens is 468 g/mol. The van der Waals surface area contributed by atoms with Gasteiger partial charge in [-0.05, 0) is 30.3 Å². The molecule has 2 aromatic heterocycles. The second kappa shape index (κ2) is 8.91. The Morgan fingerprint density at radius 2 is 1.68 bits per heavy atom. The summed E-state index contributed by atoms with van der Waals surface area (Å²) in [6.07, 6.45) is 3.80. The third-order valence-electron chi connectivity index (χ3n) is 3.81. The van der Waals surface area contributed by atoms with Gasteiger partial charge in [0.05, 0.1) is 21.9 Å². The first-order valence-electron chi connectivity index (χ1n) is 8.59. The molecule has 0 fully saturated rings. The van der Waals surface area contributed by atoms with Gasteiger partial charge in [0, 0.05) is 18.1 Å². The average molecular weight is 483 g/mol. The van der Waals surface area contributed by atoms with Crippen molar-refractivity contribution in [3.8, 4) is 0 Å². The standard InChI is InChI=1S/C17H15ClN6O5S2/c1-2-30(26,27)17-21-10-13(18)14(23-17)15(25)22-11-4-6-12(7-5-11)31(28,29)24-16-19-8-3-9-20-16/h3-10H,2H2,1H3,(H,22,25)(H,19,20,24). The fraction of sp³-hybridized carbons (Fsp3) is 0.118. The van der Waals surface area contributed by atoms with E-state index in [1.807, 2.05) is 0 Å². The van der Waals surface area contributed by atoms with E-state index in [0.29, 0.717) is 0 Å². The lowest BCUT2D eigenvalue weighted by Crippen LogP contribution is -2.18. The molecule has 162 valence electrons. The zero-order chi connectivity index (χ0) is 22.6. The van der Waals surface area contributed by atoms with E-state index in [1.165, 1.54) is 43.6 Å². The lowest BCUT2D eigenvalue weighted by molar-refractivity contribution is 0.102. The van der Waals surface area contributed by atoms with Crippen LogP contribution in [0.5, 0.6) is 0 Å². The van der Waals surface area contributed by atoms with Crippen molar-refractivity contribution in [1.82, 2.24) is 19.9 Å². The van der Waals surface area contributed by atoms with Gasteiger partial charge >= 0.3 is 0 Å². The minimum Gasteiger partial charge on any atom is -0.321 e. The van der Waals surface area contributed by atoms with Gasteiger partial charge in [-0.25, -0.2) is 41.5 Å². The van der Waals surface area contributed by atoms with Crippen molar-refractivity contribution in [2.24, 2.45) is 0 Å². The third kappa shape index (κ3) is 5.31. The first kappa shape index (κ1) is 22.5. The number of carbonyl (C=O) groups is 1. The van der Waals surface area contributed by atoms with Crippen LogP contribution in [0.15, 0.2) is 59.0 Å². The summed E-state index contributed by atoms with van der Waals surface area (Å²) >= 11 is 5.93. The Kier molecular flexibility index (Phi) is 6.48. The fourth-order valence-electron chi connectivity index (χ4n) is 2.23. The molecule has 2 heterocycles. The summed E-state index contributed by atoms with van der Waals surface area (Å²) in [6, 6.07) is 6.75. The maximum atomic E-state index is 12.5. The van der Waals surface area contributed by atoms with Gasteiger partial charge in [0.2, 0.25) is 20.9 Å². The van der Waals surface area contributed by atoms with Gasteiger partial charge in [-0.15, -0.1) is 0 Å². The molecule has 11 nitrogen and oxygen atoms in total. The number of sulfonamides is 1. The van der Waals surface area contributed by atoms with Crippen molar-refractivity contribution >= 4 is 49.0 Å². The maximum absolute atomic E-state index is 12.5. The zero-order valence-electron chi connectivity index (χ0n) is 15.9. The highest BCUT2D eigenvalue weighted by molar-refractivity contribution is 7.92. The van der Waals surface area contributed by atoms with Gasteiger partial charge in [0.15, 0.2) is 5.69 Å². The molecule has 0 spiro atoms. The first-order chi connectivity index (χ1) is 14.6. The summed E-state index contributed by atoms with van der Waals surface area (Å²) in [5.74, 6) is -1.12. The summed E-state index contributed by atoms with van der Waals surface area (Å²) in [5.41, 5.74) is -0.0993. The molecule has 0 aliphatic heterocycles. The molecule has 0 atom stereocenters. The molecule has 1 amide bonds. The van der Waals surface area contributed by atoms with Gasteiger partial charge < -0.3 is 5.32 Å². The van der Waals surface area contributed by atoms with Crippen molar-refractivity contribution in [3.05, 3.63) is 59.6 Å². The number of aromatic nitrogens is 4. The summed E-state index contributed by atoms with van der Waals surface area (Å²) < 4.78 is 50.9. The van der Waals surface area contributed by atoms with E-state index in [2.05, 4.69) is 30.0 Å². The van der Waals surface area contributed by atoms with Crippen LogP contribution in [0.2, 0.25) is 5.02 Å². The number of hydrogen-bond acceptors (Lipinski definition) is 9. The Bertz CT molecular complexity index is 1320. The van der Waals surface area contributed by atoms with Crippen molar-refractivity contribution in [2.75, 3.05) is 15.8 Å². The number of nitrogens with one attached hydrogen (secondary N) is 2. The van der Waals surface area contributed by atoms with E-state index in [4.69, 9.17) is 11.6 Å². The minimum absolute atomic E-state index is 0.0869. The summed E-state index contributed by atoms with van der Waals surface area (Å²) in [4.78, 5) is 27.4. The zero-order valence-corrected chi connectivity index (χ0v) is 18.2. The number of benzene rings is 1. The van der Waals surface area contributed by atoms with Crippen molar-refractivity contribution in [3.63, 3.8) is 0 Å². The number of rotatable bonds is 7. The van der Waals surface area contributed by atoms with Gasteiger partial charge in [-0.2, -0.15) is 0 Å². The molecule has 2 N–H and O–H groups in total. The Morgan fingerprint density at radius 3 is 2.29 bits per heavy atom. The van der Waals surface area contributed by atoms with Gasteiger partial charge in [0.1, 0.15) is 0 Å². The Morgan fingerprint density at radius 1 is 1.03 bits per heavy atom. The Labute approximate surface area is 182 Å². The van der Waals surface area contributed by atoms with Crippen LogP contribution in [0.25, 0.3) is 0 Å². The number of hydrogen-bond donors (Lipinski definition) is 2. The van der Waals surface area contributed by atoms with Crippen LogP contribution in [0.1, 0.15) is 17.4 Å². The third-order valence-corrected chi connectivity index (χ3v) is 6.94. The van der Waals surface area contributed by atoms with Crippen molar-refractivity contribution in [2.45, 2.75) is 17.0 Å². The van der Waals surface area contributed by atoms with E-state index >= 15 is 0 Å². The fourth-order valence-corrected chi connectivity index (χ4v) is 4.06. The van der Waals surface area contributed by atoms with Crippen LogP contribution < -0.4 is 10.0 Å². The second-order valence-electron chi connectivity index (χ2n) is 5.91. The lowest BCUT2D eigenvalue weighted by Gasteiger charge is -2.09. The van der Waals surface area contributed by atoms with Crippen LogP contribution >= 0.6 is 11.6 Å². The second-order valence-corrected chi connectivity index (χ2v) is 10.2. The van der Waals surface area contributed by atoms with Crippen LogP contribution in [-0.2, 0) is 19.9 Å². The molecule has 1 aromatic carbocycles. The molecule has 0 aliphatic carbocycles. The summed E-state index contributed by atoms with van der Waals surface area (Å²) in [5, 5.41) is 1.82. The van der Waals surface area contributed by atoms with Gasteiger partial charge in [-0.1, -0.05) is 18.5 Å². The minimum atomic E-state index is -3.94. The number of nitrogens with zero attached hydrogens (tertiary/aromatic N) is 4. The van der Waals surface area contributed by atoms with Crippen molar-refractivity contribution in [1.29, 1.82) is 0 Å². The molecule has 0 unspecified atom stereocenters. The predicted octanol–water partition coefficient (Wildman–Crippen LogP) is 1.77. The number of carbonyl (C=O) groups excluding carboxylic acids is 1. The molecule has 31 heavy (non-hydrogen) atoms. The van der Waals surface area contributed by atoms with E-state index in [1.54, 1.807) is 6.07 Å². The van der Waals surface area contributed by atoms with Crippen LogP contribution in [0.3, 0.4) is 0 Å². The molecule has 0 bridgehead atoms. The highest BCUT2D eigenvalue weighted by Gasteiger charge is 2.21. The Balaban J connectivity index is 1.79. The largest absolute Gasteiger partial charge is 0.321 e. The van der Waals surface area contributed by atoms with Gasteiger partial charge in [-0.3, -0.25) is 4.79 Å². The summed E-state index contributed by atoms with van der Waals surface area (Å²) in [6.45, 7) is 1.42. The maximum Gasteiger partial charge on any atom is 0.275 e. The average Bonchev–Trinajstić information content (AvgIpc) is 2.74. The van der Waals surface area contributed by atoms with E-state index in [0.717, 1.165) is 6.20 Å². The molecular formula is C17H15ClN6O5S2. The quantitative estimate of drug-likeness (QED) is 0.478. The highest BCUT2D eigenvalue weighted by Crippen LogP contribution is 2.19. The first-order valence-corrected chi connectivity index (χ1v) is 12.1. The van der Waals surface area contributed by atoms with Crippen LogP contribution in [0, 0.1) is 0 Å². The predicted molar refractivity (Wildman–Crippen MR) is 112 cm³/mol. The number of anilines is 2. The van der Waals surface area contributed by atoms with E-state index in [9.17, 15) is 21.6 Å². The SMILES string of the molecule is CCS(=O)(=O)c1ncc(Cl)c(C(=O)Nc2ccc(S(=O)(=O)Nc3ncccn3)cc2)n1. The topological polar surface area (TPSA) is 161 Å². The van der Waals surface area contributed by atoms with E-state index < -0.39 is 30.9 Å². The lowest BCUT2D eigenvalue weighted by atomic mass is 10.3. The summed E-state index contributed by atoms with van der Waals surface area (Å²) in [7, 11) is -7.67.